The highest BCUT2D eigenvalue weighted by Crippen LogP contribution is 2.45. The van der Waals surface area contributed by atoms with Gasteiger partial charge in [0.1, 0.15) is 6.10 Å². The molecule has 0 radical (unpaired) electrons. The SMILES string of the molecule is O=C(OC1CCC2(COC2)C1)c1ccccc1. The predicted octanol–water partition coefficient (Wildman–Crippen LogP) is 2.41. The number of esters is 1. The molecule has 3 nitrogen and oxygen atoms in total. The third kappa shape index (κ3) is 2.07. The summed E-state index contributed by atoms with van der Waals surface area (Å²) in [5.41, 5.74) is 0.958. The molecular formula is C14H16O3. The van der Waals surface area contributed by atoms with E-state index in [1.807, 2.05) is 18.2 Å². The van der Waals surface area contributed by atoms with E-state index < -0.39 is 0 Å². The van der Waals surface area contributed by atoms with Gasteiger partial charge in [-0.1, -0.05) is 18.2 Å². The molecule has 0 aromatic heterocycles. The van der Waals surface area contributed by atoms with Gasteiger partial charge in [0.2, 0.25) is 0 Å². The Labute approximate surface area is 101 Å². The molecule has 1 spiro atoms. The van der Waals surface area contributed by atoms with Gasteiger partial charge in [0.05, 0.1) is 18.8 Å². The molecule has 1 saturated carbocycles. The smallest absolute Gasteiger partial charge is 0.338 e. The van der Waals surface area contributed by atoms with Gasteiger partial charge in [-0.25, -0.2) is 4.79 Å². The number of carbonyl (C=O) groups excluding carboxylic acids is 1. The lowest BCUT2D eigenvalue weighted by molar-refractivity contribution is -0.113. The highest BCUT2D eigenvalue weighted by atomic mass is 16.5. The molecule has 2 aliphatic rings. The van der Waals surface area contributed by atoms with Crippen molar-refractivity contribution in [1.82, 2.24) is 0 Å². The summed E-state index contributed by atoms with van der Waals surface area (Å²) in [4.78, 5) is 11.9. The lowest BCUT2D eigenvalue weighted by atomic mass is 9.84. The monoisotopic (exact) mass is 232 g/mol. The molecule has 3 heteroatoms. The highest BCUT2D eigenvalue weighted by Gasteiger charge is 2.46. The quantitative estimate of drug-likeness (QED) is 0.734. The van der Waals surface area contributed by atoms with E-state index >= 15 is 0 Å². The van der Waals surface area contributed by atoms with E-state index in [0.717, 1.165) is 32.5 Å². The molecule has 1 unspecified atom stereocenters. The molecule has 1 saturated heterocycles. The van der Waals surface area contributed by atoms with Gasteiger partial charge < -0.3 is 9.47 Å². The zero-order chi connectivity index (χ0) is 11.7. The molecule has 1 aliphatic heterocycles. The van der Waals surface area contributed by atoms with E-state index in [2.05, 4.69) is 0 Å². The molecule has 17 heavy (non-hydrogen) atoms. The summed E-state index contributed by atoms with van der Waals surface area (Å²) in [5, 5.41) is 0. The topological polar surface area (TPSA) is 35.5 Å². The second-order valence-corrected chi connectivity index (χ2v) is 5.13. The summed E-state index contributed by atoms with van der Waals surface area (Å²) >= 11 is 0. The maximum atomic E-state index is 11.9. The fourth-order valence-electron chi connectivity index (χ4n) is 2.70. The van der Waals surface area contributed by atoms with Crippen molar-refractivity contribution in [2.45, 2.75) is 25.4 Å². The summed E-state index contributed by atoms with van der Waals surface area (Å²) in [7, 11) is 0. The van der Waals surface area contributed by atoms with E-state index in [1.54, 1.807) is 12.1 Å². The molecule has 0 N–H and O–H groups in total. The largest absolute Gasteiger partial charge is 0.459 e. The number of ether oxygens (including phenoxy) is 2. The number of hydrogen-bond donors (Lipinski definition) is 0. The van der Waals surface area contributed by atoms with Crippen molar-refractivity contribution in [3.05, 3.63) is 35.9 Å². The van der Waals surface area contributed by atoms with E-state index in [-0.39, 0.29) is 12.1 Å². The Hall–Kier alpha value is -1.35. The van der Waals surface area contributed by atoms with Gasteiger partial charge in [-0.05, 0) is 31.4 Å². The third-order valence-corrected chi connectivity index (χ3v) is 3.76. The van der Waals surface area contributed by atoms with Crippen molar-refractivity contribution in [3.63, 3.8) is 0 Å². The van der Waals surface area contributed by atoms with Crippen molar-refractivity contribution < 1.29 is 14.3 Å². The molecular weight excluding hydrogens is 216 g/mol. The van der Waals surface area contributed by atoms with Gasteiger partial charge in [-0.15, -0.1) is 0 Å². The van der Waals surface area contributed by atoms with Gasteiger partial charge in [0.15, 0.2) is 0 Å². The Morgan fingerprint density at radius 3 is 2.65 bits per heavy atom. The molecule has 1 aromatic rings. The van der Waals surface area contributed by atoms with Gasteiger partial charge in [-0.2, -0.15) is 0 Å². The minimum absolute atomic E-state index is 0.0756. The van der Waals surface area contributed by atoms with Crippen LogP contribution in [0.5, 0.6) is 0 Å². The average molecular weight is 232 g/mol. The standard InChI is InChI=1S/C14H16O3/c15-13(11-4-2-1-3-5-11)17-12-6-7-14(8-12)9-16-10-14/h1-5,12H,6-10H2. The first kappa shape index (κ1) is 10.8. The van der Waals surface area contributed by atoms with Crippen LogP contribution < -0.4 is 0 Å². The number of rotatable bonds is 2. The van der Waals surface area contributed by atoms with Crippen LogP contribution in [0.25, 0.3) is 0 Å². The lowest BCUT2D eigenvalue weighted by Crippen LogP contribution is -2.40. The van der Waals surface area contributed by atoms with Crippen LogP contribution in [0.1, 0.15) is 29.6 Å². The fourth-order valence-corrected chi connectivity index (χ4v) is 2.70. The van der Waals surface area contributed by atoms with E-state index in [4.69, 9.17) is 9.47 Å². The summed E-state index contributed by atoms with van der Waals surface area (Å²) in [5.74, 6) is -0.201. The minimum Gasteiger partial charge on any atom is -0.459 e. The average Bonchev–Trinajstić information content (AvgIpc) is 2.74. The van der Waals surface area contributed by atoms with Crippen LogP contribution in [0.4, 0.5) is 0 Å². The molecule has 1 aliphatic carbocycles. The minimum atomic E-state index is -0.201. The molecule has 0 bridgehead atoms. The Bertz CT molecular complexity index is 409. The van der Waals surface area contributed by atoms with Crippen LogP contribution in [0.2, 0.25) is 0 Å². The summed E-state index contributed by atoms with van der Waals surface area (Å²) in [6, 6.07) is 9.19. The van der Waals surface area contributed by atoms with Crippen LogP contribution in [0.3, 0.4) is 0 Å². The molecule has 1 heterocycles. The molecule has 90 valence electrons. The van der Waals surface area contributed by atoms with E-state index in [0.29, 0.717) is 11.0 Å². The van der Waals surface area contributed by atoms with Gasteiger partial charge in [0.25, 0.3) is 0 Å². The molecule has 2 fully saturated rings. The Morgan fingerprint density at radius 1 is 1.29 bits per heavy atom. The van der Waals surface area contributed by atoms with Gasteiger partial charge in [0, 0.05) is 5.41 Å². The zero-order valence-corrected chi connectivity index (χ0v) is 9.72. The molecule has 0 amide bonds. The van der Waals surface area contributed by atoms with Crippen LogP contribution in [0, 0.1) is 5.41 Å². The van der Waals surface area contributed by atoms with E-state index in [9.17, 15) is 4.79 Å². The van der Waals surface area contributed by atoms with Crippen molar-refractivity contribution in [2.75, 3.05) is 13.2 Å². The van der Waals surface area contributed by atoms with Gasteiger partial charge >= 0.3 is 5.97 Å². The number of carbonyl (C=O) groups is 1. The van der Waals surface area contributed by atoms with Crippen molar-refractivity contribution in [2.24, 2.45) is 5.41 Å². The second kappa shape index (κ2) is 4.15. The highest BCUT2D eigenvalue weighted by molar-refractivity contribution is 5.89. The Morgan fingerprint density at radius 2 is 2.06 bits per heavy atom. The molecule has 1 atom stereocenters. The van der Waals surface area contributed by atoms with Crippen LogP contribution in [0.15, 0.2) is 30.3 Å². The first-order valence-corrected chi connectivity index (χ1v) is 6.11. The fraction of sp³-hybridized carbons (Fsp3) is 0.500. The van der Waals surface area contributed by atoms with Crippen molar-refractivity contribution in [3.8, 4) is 0 Å². The van der Waals surface area contributed by atoms with Crippen molar-refractivity contribution >= 4 is 5.97 Å². The summed E-state index contributed by atoms with van der Waals surface area (Å²) < 4.78 is 10.8. The first-order valence-electron chi connectivity index (χ1n) is 6.11. The normalized spacial score (nSPS) is 25.5. The Kier molecular flexibility index (Phi) is 2.63. The van der Waals surface area contributed by atoms with Crippen LogP contribution >= 0.6 is 0 Å². The maximum absolute atomic E-state index is 11.9. The Balaban J connectivity index is 1.59. The molecule has 3 rings (SSSR count). The lowest BCUT2D eigenvalue weighted by Gasteiger charge is -2.37. The third-order valence-electron chi connectivity index (χ3n) is 3.76. The van der Waals surface area contributed by atoms with Crippen molar-refractivity contribution in [1.29, 1.82) is 0 Å². The second-order valence-electron chi connectivity index (χ2n) is 5.13. The molecule has 1 aromatic carbocycles. The number of hydrogen-bond acceptors (Lipinski definition) is 3. The maximum Gasteiger partial charge on any atom is 0.338 e. The summed E-state index contributed by atoms with van der Waals surface area (Å²) in [6.45, 7) is 1.68. The summed E-state index contributed by atoms with van der Waals surface area (Å²) in [6.07, 6.45) is 3.14. The first-order chi connectivity index (χ1) is 8.27. The predicted molar refractivity (Wildman–Crippen MR) is 62.7 cm³/mol. The van der Waals surface area contributed by atoms with Gasteiger partial charge in [-0.3, -0.25) is 0 Å². The van der Waals surface area contributed by atoms with Crippen LogP contribution in [-0.4, -0.2) is 25.3 Å². The zero-order valence-electron chi connectivity index (χ0n) is 9.72. The number of benzene rings is 1. The van der Waals surface area contributed by atoms with E-state index in [1.165, 1.54) is 0 Å². The van der Waals surface area contributed by atoms with Crippen LogP contribution in [-0.2, 0) is 9.47 Å².